The van der Waals surface area contributed by atoms with Gasteiger partial charge in [0.25, 0.3) is 5.91 Å². The van der Waals surface area contributed by atoms with Crippen LogP contribution in [0.5, 0.6) is 0 Å². The number of amides is 1. The lowest BCUT2D eigenvalue weighted by molar-refractivity contribution is -0.118. The zero-order valence-corrected chi connectivity index (χ0v) is 18.2. The zero-order chi connectivity index (χ0) is 19.1. The molecule has 0 fully saturated rings. The van der Waals surface area contributed by atoms with E-state index in [1.807, 2.05) is 48.7 Å². The van der Waals surface area contributed by atoms with Crippen LogP contribution in [-0.4, -0.2) is 27.6 Å². The molecule has 0 atom stereocenters. The summed E-state index contributed by atoms with van der Waals surface area (Å²) >= 11 is 12.1. The summed E-state index contributed by atoms with van der Waals surface area (Å²) in [4.78, 5) is 13.0. The Kier molecular flexibility index (Phi) is 7.71. The van der Waals surface area contributed by atoms with E-state index in [1.54, 1.807) is 23.1 Å². The quantitative estimate of drug-likeness (QED) is 0.288. The standard InChI is InChI=1S/C17H15ClN4OS4/c1-11(14-7-4-8-24-14)19-20-15(23)10-26-17-22-21-16(27-17)25-9-12-5-2-3-6-13(12)18/h2-8H,9-10H2,1H3,(H,20,23)/b19-11-. The van der Waals surface area contributed by atoms with Crippen LogP contribution in [0.3, 0.4) is 0 Å². The predicted octanol–water partition coefficient (Wildman–Crippen LogP) is 5.18. The molecule has 3 aromatic rings. The first-order valence-electron chi connectivity index (χ1n) is 7.81. The van der Waals surface area contributed by atoms with Crippen molar-refractivity contribution in [3.05, 3.63) is 57.2 Å². The summed E-state index contributed by atoms with van der Waals surface area (Å²) in [6.45, 7) is 1.87. The third-order valence-corrected chi connectivity index (χ3v) is 7.84. The third-order valence-electron chi connectivity index (χ3n) is 3.25. The molecule has 0 aliphatic heterocycles. The molecule has 0 spiro atoms. The maximum atomic E-state index is 11.9. The van der Waals surface area contributed by atoms with Crippen molar-refractivity contribution >= 4 is 69.4 Å². The molecular weight excluding hydrogens is 440 g/mol. The average Bonchev–Trinajstić information content (AvgIpc) is 3.36. The van der Waals surface area contributed by atoms with E-state index < -0.39 is 0 Å². The molecule has 0 saturated heterocycles. The van der Waals surface area contributed by atoms with Gasteiger partial charge >= 0.3 is 0 Å². The Morgan fingerprint density at radius 3 is 2.70 bits per heavy atom. The first-order chi connectivity index (χ1) is 13.1. The number of aromatic nitrogens is 2. The minimum atomic E-state index is -0.170. The minimum absolute atomic E-state index is 0.170. The average molecular weight is 455 g/mol. The lowest BCUT2D eigenvalue weighted by Crippen LogP contribution is -2.20. The molecule has 0 aliphatic rings. The second-order valence-corrected chi connectivity index (χ2v) is 9.99. The first kappa shape index (κ1) is 20.3. The summed E-state index contributed by atoms with van der Waals surface area (Å²) in [5.41, 5.74) is 4.42. The van der Waals surface area contributed by atoms with E-state index >= 15 is 0 Å². The van der Waals surface area contributed by atoms with Crippen molar-refractivity contribution in [3.63, 3.8) is 0 Å². The van der Waals surface area contributed by atoms with Crippen molar-refractivity contribution in [1.29, 1.82) is 0 Å². The lowest BCUT2D eigenvalue weighted by atomic mass is 10.2. The van der Waals surface area contributed by atoms with Crippen molar-refractivity contribution in [2.45, 2.75) is 21.4 Å². The number of carbonyl (C=O) groups excluding carboxylic acids is 1. The second-order valence-electron chi connectivity index (χ2n) is 5.21. The number of benzene rings is 1. The van der Waals surface area contributed by atoms with Gasteiger partial charge in [0, 0.05) is 15.7 Å². The lowest BCUT2D eigenvalue weighted by Gasteiger charge is -2.00. The van der Waals surface area contributed by atoms with Gasteiger partial charge in [-0.2, -0.15) is 5.10 Å². The van der Waals surface area contributed by atoms with Crippen molar-refractivity contribution < 1.29 is 4.79 Å². The summed E-state index contributed by atoms with van der Waals surface area (Å²) in [7, 11) is 0. The molecule has 0 bridgehead atoms. The molecule has 1 N–H and O–H groups in total. The maximum Gasteiger partial charge on any atom is 0.250 e. The monoisotopic (exact) mass is 454 g/mol. The van der Waals surface area contributed by atoms with E-state index in [0.717, 1.165) is 35.6 Å². The molecule has 140 valence electrons. The minimum Gasteiger partial charge on any atom is -0.272 e. The molecule has 1 amide bonds. The number of thiophene rings is 1. The molecule has 27 heavy (non-hydrogen) atoms. The van der Waals surface area contributed by atoms with Crippen LogP contribution in [0.25, 0.3) is 0 Å². The van der Waals surface area contributed by atoms with Crippen LogP contribution in [-0.2, 0) is 10.5 Å². The molecule has 0 aliphatic carbocycles. The summed E-state index contributed by atoms with van der Waals surface area (Å²) in [5.74, 6) is 0.803. The fourth-order valence-corrected chi connectivity index (χ4v) is 5.69. The highest BCUT2D eigenvalue weighted by Crippen LogP contribution is 2.32. The van der Waals surface area contributed by atoms with Gasteiger partial charge in [0.05, 0.1) is 11.5 Å². The number of nitrogens with zero attached hydrogens (tertiary/aromatic N) is 3. The molecular formula is C17H15ClN4OS4. The van der Waals surface area contributed by atoms with E-state index in [4.69, 9.17) is 11.6 Å². The van der Waals surface area contributed by atoms with Crippen LogP contribution in [0.15, 0.2) is 55.6 Å². The van der Waals surface area contributed by atoms with E-state index in [1.165, 1.54) is 23.1 Å². The van der Waals surface area contributed by atoms with Crippen LogP contribution in [0.4, 0.5) is 0 Å². The molecule has 2 heterocycles. The van der Waals surface area contributed by atoms with Gasteiger partial charge in [-0.15, -0.1) is 21.5 Å². The number of hydrogen-bond donors (Lipinski definition) is 1. The Labute approximate surface area is 178 Å². The summed E-state index contributed by atoms with van der Waals surface area (Å²) in [6.07, 6.45) is 0. The predicted molar refractivity (Wildman–Crippen MR) is 116 cm³/mol. The number of carbonyl (C=O) groups is 1. The normalized spacial score (nSPS) is 11.6. The maximum absolute atomic E-state index is 11.9. The topological polar surface area (TPSA) is 67.2 Å². The van der Waals surface area contributed by atoms with Crippen LogP contribution in [0.2, 0.25) is 5.02 Å². The van der Waals surface area contributed by atoms with Crippen LogP contribution in [0.1, 0.15) is 17.4 Å². The van der Waals surface area contributed by atoms with E-state index in [9.17, 15) is 4.79 Å². The number of hydrazone groups is 1. The number of rotatable bonds is 8. The van der Waals surface area contributed by atoms with Crippen LogP contribution < -0.4 is 5.43 Å². The summed E-state index contributed by atoms with van der Waals surface area (Å²) < 4.78 is 1.61. The molecule has 3 rings (SSSR count). The number of hydrogen-bond acceptors (Lipinski definition) is 8. The molecule has 0 saturated carbocycles. The van der Waals surface area contributed by atoms with Gasteiger partial charge in [0.15, 0.2) is 8.68 Å². The number of nitrogens with one attached hydrogen (secondary N) is 1. The summed E-state index contributed by atoms with van der Waals surface area (Å²) in [6, 6.07) is 11.7. The Hall–Kier alpha value is -1.39. The van der Waals surface area contributed by atoms with Crippen LogP contribution >= 0.6 is 57.8 Å². The van der Waals surface area contributed by atoms with Gasteiger partial charge in [-0.1, -0.05) is 70.7 Å². The largest absolute Gasteiger partial charge is 0.272 e. The zero-order valence-electron chi connectivity index (χ0n) is 14.2. The fourth-order valence-electron chi connectivity index (χ4n) is 1.91. The highest BCUT2D eigenvalue weighted by atomic mass is 35.5. The highest BCUT2D eigenvalue weighted by molar-refractivity contribution is 8.03. The SMILES string of the molecule is C/C(=N/NC(=O)CSc1nnc(SCc2ccccc2Cl)s1)c1cccs1. The van der Waals surface area contributed by atoms with Gasteiger partial charge in [-0.05, 0) is 30.0 Å². The van der Waals surface area contributed by atoms with E-state index in [2.05, 4.69) is 20.7 Å². The molecule has 1 aromatic carbocycles. The number of thioether (sulfide) groups is 2. The highest BCUT2D eigenvalue weighted by Gasteiger charge is 2.10. The Morgan fingerprint density at radius 1 is 1.19 bits per heavy atom. The molecule has 0 unspecified atom stereocenters. The van der Waals surface area contributed by atoms with Crippen molar-refractivity contribution in [2.75, 3.05) is 5.75 Å². The van der Waals surface area contributed by atoms with Gasteiger partial charge in [0.2, 0.25) is 0 Å². The number of halogens is 1. The molecule has 5 nitrogen and oxygen atoms in total. The van der Waals surface area contributed by atoms with Crippen molar-refractivity contribution in [2.24, 2.45) is 5.10 Å². The molecule has 2 aromatic heterocycles. The molecule has 10 heteroatoms. The van der Waals surface area contributed by atoms with Gasteiger partial charge in [-0.25, -0.2) is 5.43 Å². The van der Waals surface area contributed by atoms with E-state index in [-0.39, 0.29) is 11.7 Å². The molecule has 0 radical (unpaired) electrons. The Morgan fingerprint density at radius 2 is 1.96 bits per heavy atom. The Bertz CT molecular complexity index is 927. The van der Waals surface area contributed by atoms with Crippen molar-refractivity contribution in [1.82, 2.24) is 15.6 Å². The van der Waals surface area contributed by atoms with Crippen LogP contribution in [0, 0.1) is 0 Å². The first-order valence-corrected chi connectivity index (χ1v) is 11.9. The third kappa shape index (κ3) is 6.32. The smallest absolute Gasteiger partial charge is 0.250 e. The van der Waals surface area contributed by atoms with Gasteiger partial charge in [0.1, 0.15) is 0 Å². The summed E-state index contributed by atoms with van der Waals surface area (Å²) in [5, 5.41) is 15.1. The van der Waals surface area contributed by atoms with Crippen molar-refractivity contribution in [3.8, 4) is 0 Å². The fraction of sp³-hybridized carbons (Fsp3) is 0.176. The van der Waals surface area contributed by atoms with Gasteiger partial charge < -0.3 is 0 Å². The Balaban J connectivity index is 1.44. The van der Waals surface area contributed by atoms with E-state index in [0.29, 0.717) is 0 Å². The second kappa shape index (κ2) is 10.2. The van der Waals surface area contributed by atoms with Gasteiger partial charge in [-0.3, -0.25) is 4.79 Å².